The minimum atomic E-state index is -3.38. The summed E-state index contributed by atoms with van der Waals surface area (Å²) in [5.74, 6) is 0.428. The average Bonchev–Trinajstić information content (AvgIpc) is 3.01. The number of carbonyl (C=O) groups excluding carboxylic acids is 1. The van der Waals surface area contributed by atoms with Gasteiger partial charge in [0.1, 0.15) is 5.76 Å². The lowest BCUT2D eigenvalue weighted by Gasteiger charge is -2.19. The van der Waals surface area contributed by atoms with Crippen molar-refractivity contribution in [3.8, 4) is 0 Å². The van der Waals surface area contributed by atoms with Gasteiger partial charge >= 0.3 is 0 Å². The van der Waals surface area contributed by atoms with Gasteiger partial charge in [-0.15, -0.1) is 0 Å². The number of amides is 1. The average molecular weight is 350 g/mol. The molecule has 0 unspecified atom stereocenters. The van der Waals surface area contributed by atoms with E-state index in [0.29, 0.717) is 5.76 Å². The molecule has 0 radical (unpaired) electrons. The van der Waals surface area contributed by atoms with Crippen molar-refractivity contribution in [2.24, 2.45) is 0 Å². The molecule has 0 aliphatic heterocycles. The van der Waals surface area contributed by atoms with E-state index in [-0.39, 0.29) is 32.0 Å². The van der Waals surface area contributed by atoms with Crippen LogP contribution in [0.2, 0.25) is 0 Å². The number of nitrogens with zero attached hydrogens (tertiary/aromatic N) is 1. The maximum atomic E-state index is 11.9. The summed E-state index contributed by atoms with van der Waals surface area (Å²) in [5, 5.41) is 2.75. The molecule has 0 spiro atoms. The Morgan fingerprint density at radius 2 is 1.92 bits per heavy atom. The van der Waals surface area contributed by atoms with E-state index in [2.05, 4.69) is 5.32 Å². The highest BCUT2D eigenvalue weighted by Crippen LogP contribution is 2.08. The molecule has 1 aromatic heterocycles. The number of aryl methyl sites for hydroxylation is 1. The summed E-state index contributed by atoms with van der Waals surface area (Å²) in [4.78, 5) is 11.9. The smallest absolute Gasteiger partial charge is 0.224 e. The van der Waals surface area contributed by atoms with Crippen molar-refractivity contribution >= 4 is 15.9 Å². The van der Waals surface area contributed by atoms with Gasteiger partial charge in [-0.25, -0.2) is 8.42 Å². The Balaban J connectivity index is 1.83. The Kier molecular flexibility index (Phi) is 6.16. The van der Waals surface area contributed by atoms with Crippen LogP contribution in [0.25, 0.3) is 0 Å². The summed E-state index contributed by atoms with van der Waals surface area (Å²) in [6, 6.07) is 11.2. The lowest BCUT2D eigenvalue weighted by Crippen LogP contribution is -2.38. The third-order valence-corrected chi connectivity index (χ3v) is 4.80. The van der Waals surface area contributed by atoms with Crippen LogP contribution in [-0.4, -0.2) is 38.0 Å². The third kappa shape index (κ3) is 5.82. The summed E-state index contributed by atoms with van der Waals surface area (Å²) < 4.78 is 30.1. The van der Waals surface area contributed by atoms with Crippen LogP contribution < -0.4 is 5.32 Å². The second kappa shape index (κ2) is 8.12. The number of nitrogens with one attached hydrogen (secondary N) is 1. The van der Waals surface area contributed by atoms with Crippen molar-refractivity contribution in [1.82, 2.24) is 9.62 Å². The molecule has 0 bridgehead atoms. The van der Waals surface area contributed by atoms with Gasteiger partial charge in [0.25, 0.3) is 0 Å². The largest absolute Gasteiger partial charge is 0.468 e. The van der Waals surface area contributed by atoms with Crippen LogP contribution in [-0.2, 0) is 27.8 Å². The molecule has 0 aliphatic carbocycles. The Morgan fingerprint density at radius 3 is 2.50 bits per heavy atom. The van der Waals surface area contributed by atoms with E-state index in [1.807, 2.05) is 31.2 Å². The first-order chi connectivity index (χ1) is 11.3. The Hall–Kier alpha value is -2.12. The van der Waals surface area contributed by atoms with E-state index in [4.69, 9.17) is 4.42 Å². The number of rotatable bonds is 8. The molecule has 130 valence electrons. The molecule has 0 saturated carbocycles. The maximum Gasteiger partial charge on any atom is 0.224 e. The number of sulfonamides is 1. The number of carbonyl (C=O) groups is 1. The molecule has 0 saturated heterocycles. The van der Waals surface area contributed by atoms with Crippen molar-refractivity contribution in [1.29, 1.82) is 0 Å². The van der Waals surface area contributed by atoms with E-state index in [9.17, 15) is 13.2 Å². The van der Waals surface area contributed by atoms with Crippen LogP contribution in [0.15, 0.2) is 47.1 Å². The van der Waals surface area contributed by atoms with Crippen molar-refractivity contribution < 1.29 is 17.6 Å². The fourth-order valence-corrected chi connectivity index (χ4v) is 3.00. The monoisotopic (exact) mass is 350 g/mol. The second-order valence-electron chi connectivity index (χ2n) is 5.69. The summed E-state index contributed by atoms with van der Waals surface area (Å²) in [6.07, 6.45) is 2.92. The van der Waals surface area contributed by atoms with Gasteiger partial charge in [0, 0.05) is 13.1 Å². The Morgan fingerprint density at radius 1 is 1.21 bits per heavy atom. The molecule has 1 heterocycles. The van der Waals surface area contributed by atoms with E-state index < -0.39 is 10.0 Å². The van der Waals surface area contributed by atoms with Crippen LogP contribution in [0.1, 0.15) is 16.9 Å². The lowest BCUT2D eigenvalue weighted by atomic mass is 10.1. The molecule has 1 aromatic carbocycles. The van der Waals surface area contributed by atoms with Crippen LogP contribution in [0.3, 0.4) is 0 Å². The molecule has 7 heteroatoms. The van der Waals surface area contributed by atoms with Gasteiger partial charge in [-0.3, -0.25) is 4.79 Å². The van der Waals surface area contributed by atoms with Gasteiger partial charge < -0.3 is 9.73 Å². The van der Waals surface area contributed by atoms with Crippen molar-refractivity contribution in [2.45, 2.75) is 19.9 Å². The molecule has 6 nitrogen and oxygen atoms in total. The number of hydrogen-bond acceptors (Lipinski definition) is 4. The van der Waals surface area contributed by atoms with E-state index in [1.165, 1.54) is 10.6 Å². The van der Waals surface area contributed by atoms with Crippen LogP contribution >= 0.6 is 0 Å². The highest BCUT2D eigenvalue weighted by molar-refractivity contribution is 7.88. The zero-order valence-corrected chi connectivity index (χ0v) is 14.7. The van der Waals surface area contributed by atoms with Gasteiger partial charge in [-0.2, -0.15) is 4.31 Å². The van der Waals surface area contributed by atoms with Crippen molar-refractivity contribution in [3.63, 3.8) is 0 Å². The summed E-state index contributed by atoms with van der Waals surface area (Å²) in [7, 11) is -3.38. The van der Waals surface area contributed by atoms with Gasteiger partial charge in [0.05, 0.1) is 25.5 Å². The van der Waals surface area contributed by atoms with Gasteiger partial charge in [0.15, 0.2) is 0 Å². The molecular formula is C17H22N2O4S. The summed E-state index contributed by atoms with van der Waals surface area (Å²) in [5.41, 5.74) is 2.06. The maximum absolute atomic E-state index is 11.9. The molecular weight excluding hydrogens is 328 g/mol. The van der Waals surface area contributed by atoms with E-state index in [0.717, 1.165) is 17.4 Å². The summed E-state index contributed by atoms with van der Waals surface area (Å²) >= 11 is 0. The molecule has 1 amide bonds. The van der Waals surface area contributed by atoms with Gasteiger partial charge in [-0.05, 0) is 24.6 Å². The summed E-state index contributed by atoms with van der Waals surface area (Å²) in [6.45, 7) is 2.58. The number of furan rings is 1. The molecule has 0 aliphatic rings. The zero-order valence-electron chi connectivity index (χ0n) is 13.9. The Bertz CT molecular complexity index is 752. The molecule has 24 heavy (non-hydrogen) atoms. The first kappa shape index (κ1) is 18.2. The Labute approximate surface area is 142 Å². The molecule has 0 fully saturated rings. The fourth-order valence-electron chi connectivity index (χ4n) is 2.21. The van der Waals surface area contributed by atoms with Crippen LogP contribution in [0, 0.1) is 6.92 Å². The predicted molar refractivity (Wildman–Crippen MR) is 91.9 cm³/mol. The predicted octanol–water partition coefficient (Wildman–Crippen LogP) is 1.71. The van der Waals surface area contributed by atoms with E-state index in [1.54, 1.807) is 12.1 Å². The van der Waals surface area contributed by atoms with Gasteiger partial charge in [0.2, 0.25) is 15.9 Å². The van der Waals surface area contributed by atoms with Crippen molar-refractivity contribution in [2.75, 3.05) is 19.3 Å². The lowest BCUT2D eigenvalue weighted by molar-refractivity contribution is -0.120. The van der Waals surface area contributed by atoms with Crippen molar-refractivity contribution in [3.05, 3.63) is 59.5 Å². The second-order valence-corrected chi connectivity index (χ2v) is 7.67. The topological polar surface area (TPSA) is 79.6 Å². The normalized spacial score (nSPS) is 11.6. The molecule has 2 aromatic rings. The SMILES string of the molecule is Cc1ccc(CC(=O)NCCN(Cc2ccco2)S(C)(=O)=O)cc1. The first-order valence-electron chi connectivity index (χ1n) is 7.64. The molecule has 0 atom stereocenters. The zero-order chi connectivity index (χ0) is 17.6. The fraction of sp³-hybridized carbons (Fsp3) is 0.353. The standard InChI is InChI=1S/C17H22N2O4S/c1-14-5-7-15(8-6-14)12-17(20)18-9-10-19(24(2,21)22)13-16-4-3-11-23-16/h3-8,11H,9-10,12-13H2,1-2H3,(H,18,20). The van der Waals surface area contributed by atoms with Gasteiger partial charge in [-0.1, -0.05) is 29.8 Å². The minimum Gasteiger partial charge on any atom is -0.468 e. The third-order valence-electron chi connectivity index (χ3n) is 3.55. The minimum absolute atomic E-state index is 0.134. The highest BCUT2D eigenvalue weighted by atomic mass is 32.2. The first-order valence-corrected chi connectivity index (χ1v) is 9.49. The quantitative estimate of drug-likeness (QED) is 0.786. The molecule has 1 N–H and O–H groups in total. The number of hydrogen-bond donors (Lipinski definition) is 1. The number of benzene rings is 1. The van der Waals surface area contributed by atoms with Crippen LogP contribution in [0.4, 0.5) is 0 Å². The van der Waals surface area contributed by atoms with Crippen LogP contribution in [0.5, 0.6) is 0 Å². The molecule has 2 rings (SSSR count). The van der Waals surface area contributed by atoms with E-state index >= 15 is 0 Å². The highest BCUT2D eigenvalue weighted by Gasteiger charge is 2.18.